The highest BCUT2D eigenvalue weighted by Gasteiger charge is 2.02. The number of halogens is 2. The molecular formula is C14H14BrClN2. The minimum absolute atomic E-state index is 0.509. The van der Waals surface area contributed by atoms with Crippen LogP contribution >= 0.6 is 27.5 Å². The van der Waals surface area contributed by atoms with Gasteiger partial charge >= 0.3 is 0 Å². The number of aryl methyl sites for hydroxylation is 2. The van der Waals surface area contributed by atoms with Crippen LogP contribution in [0.2, 0.25) is 5.15 Å². The number of aromatic nitrogens is 1. The molecule has 0 amide bonds. The molecule has 0 unspecified atom stereocenters. The molecule has 2 aromatic rings. The van der Waals surface area contributed by atoms with Crippen molar-refractivity contribution < 1.29 is 0 Å². The first-order chi connectivity index (χ1) is 8.56. The van der Waals surface area contributed by atoms with Crippen molar-refractivity contribution in [2.75, 3.05) is 5.32 Å². The van der Waals surface area contributed by atoms with Crippen LogP contribution in [0.3, 0.4) is 0 Å². The maximum Gasteiger partial charge on any atom is 0.152 e. The molecule has 18 heavy (non-hydrogen) atoms. The fourth-order valence-corrected chi connectivity index (χ4v) is 2.11. The highest BCUT2D eigenvalue weighted by molar-refractivity contribution is 9.10. The van der Waals surface area contributed by atoms with E-state index in [0.717, 1.165) is 22.3 Å². The molecule has 0 radical (unpaired) electrons. The zero-order valence-corrected chi connectivity index (χ0v) is 12.6. The second-order valence-electron chi connectivity index (χ2n) is 4.29. The second kappa shape index (κ2) is 5.72. The Morgan fingerprint density at radius 2 is 2.06 bits per heavy atom. The maximum absolute atomic E-state index is 6.04. The highest BCUT2D eigenvalue weighted by Crippen LogP contribution is 2.22. The Balaban J connectivity index is 2.11. The molecular weight excluding hydrogens is 312 g/mol. The minimum atomic E-state index is 0.509. The van der Waals surface area contributed by atoms with Gasteiger partial charge in [-0.3, -0.25) is 0 Å². The van der Waals surface area contributed by atoms with Crippen molar-refractivity contribution in [2.45, 2.75) is 20.4 Å². The molecule has 94 valence electrons. The van der Waals surface area contributed by atoms with Crippen molar-refractivity contribution in [3.63, 3.8) is 0 Å². The number of anilines is 1. The lowest BCUT2D eigenvalue weighted by molar-refractivity contribution is 1.12. The molecule has 0 saturated heterocycles. The van der Waals surface area contributed by atoms with E-state index in [-0.39, 0.29) is 0 Å². The fraction of sp³-hybridized carbons (Fsp3) is 0.214. The Kier molecular flexibility index (Phi) is 4.25. The molecule has 0 fully saturated rings. The van der Waals surface area contributed by atoms with Crippen molar-refractivity contribution in [3.05, 3.63) is 56.8 Å². The predicted molar refractivity (Wildman–Crippen MR) is 80.2 cm³/mol. The summed E-state index contributed by atoms with van der Waals surface area (Å²) in [5, 5.41) is 3.82. The molecule has 0 spiro atoms. The molecule has 2 rings (SSSR count). The second-order valence-corrected chi connectivity index (χ2v) is 5.50. The minimum Gasteiger partial charge on any atom is -0.378 e. The summed E-state index contributed by atoms with van der Waals surface area (Å²) in [6.45, 7) is 4.81. The van der Waals surface area contributed by atoms with Crippen LogP contribution < -0.4 is 5.32 Å². The van der Waals surface area contributed by atoms with Crippen LogP contribution in [0, 0.1) is 13.8 Å². The third-order valence-corrected chi connectivity index (χ3v) is 3.87. The summed E-state index contributed by atoms with van der Waals surface area (Å²) in [5.74, 6) is 0. The van der Waals surface area contributed by atoms with Crippen molar-refractivity contribution in [1.82, 2.24) is 4.98 Å². The summed E-state index contributed by atoms with van der Waals surface area (Å²) in [4.78, 5) is 4.12. The molecule has 0 aliphatic heterocycles. The first-order valence-electron chi connectivity index (χ1n) is 5.67. The van der Waals surface area contributed by atoms with Gasteiger partial charge in [0, 0.05) is 17.2 Å². The van der Waals surface area contributed by atoms with Gasteiger partial charge in [-0.15, -0.1) is 0 Å². The Bertz CT molecular complexity index is 570. The number of hydrogen-bond acceptors (Lipinski definition) is 2. The summed E-state index contributed by atoms with van der Waals surface area (Å²) in [7, 11) is 0. The number of pyridine rings is 1. The Labute approximate surface area is 121 Å². The van der Waals surface area contributed by atoms with Crippen molar-refractivity contribution in [2.24, 2.45) is 0 Å². The molecule has 1 aromatic heterocycles. The zero-order chi connectivity index (χ0) is 13.1. The third kappa shape index (κ3) is 3.24. The van der Waals surface area contributed by atoms with E-state index in [9.17, 15) is 0 Å². The van der Waals surface area contributed by atoms with E-state index >= 15 is 0 Å². The quantitative estimate of drug-likeness (QED) is 0.825. The SMILES string of the molecule is Cc1cnc(Cl)c(NCc2ccc(Br)c(C)c2)c1. The number of nitrogens with zero attached hydrogens (tertiary/aromatic N) is 1. The van der Waals surface area contributed by atoms with E-state index in [1.807, 2.05) is 13.0 Å². The number of rotatable bonds is 3. The number of nitrogens with one attached hydrogen (secondary N) is 1. The van der Waals surface area contributed by atoms with Gasteiger partial charge in [0.1, 0.15) is 0 Å². The van der Waals surface area contributed by atoms with Gasteiger partial charge in [-0.25, -0.2) is 4.98 Å². The van der Waals surface area contributed by atoms with Gasteiger partial charge in [0.2, 0.25) is 0 Å². The lowest BCUT2D eigenvalue weighted by atomic mass is 10.1. The molecule has 1 heterocycles. The summed E-state index contributed by atoms with van der Waals surface area (Å²) >= 11 is 9.53. The van der Waals surface area contributed by atoms with Gasteiger partial charge < -0.3 is 5.32 Å². The molecule has 2 nitrogen and oxygen atoms in total. The average molecular weight is 326 g/mol. The normalized spacial score (nSPS) is 10.4. The zero-order valence-electron chi connectivity index (χ0n) is 10.3. The van der Waals surface area contributed by atoms with Gasteiger partial charge in [0.25, 0.3) is 0 Å². The summed E-state index contributed by atoms with van der Waals surface area (Å²) in [6.07, 6.45) is 1.76. The highest BCUT2D eigenvalue weighted by atomic mass is 79.9. The monoisotopic (exact) mass is 324 g/mol. The summed E-state index contributed by atoms with van der Waals surface area (Å²) < 4.78 is 1.13. The largest absolute Gasteiger partial charge is 0.378 e. The summed E-state index contributed by atoms with van der Waals surface area (Å²) in [5.41, 5.74) is 4.40. The molecule has 0 bridgehead atoms. The van der Waals surface area contributed by atoms with Crippen molar-refractivity contribution in [1.29, 1.82) is 0 Å². The van der Waals surface area contributed by atoms with E-state index in [2.05, 4.69) is 51.4 Å². The van der Waals surface area contributed by atoms with Gasteiger partial charge in [-0.2, -0.15) is 0 Å². The van der Waals surface area contributed by atoms with E-state index in [4.69, 9.17) is 11.6 Å². The van der Waals surface area contributed by atoms with Crippen LogP contribution in [0.25, 0.3) is 0 Å². The topological polar surface area (TPSA) is 24.9 Å². The van der Waals surface area contributed by atoms with E-state index < -0.39 is 0 Å². The smallest absolute Gasteiger partial charge is 0.152 e. The Morgan fingerprint density at radius 3 is 2.78 bits per heavy atom. The lowest BCUT2D eigenvalue weighted by Crippen LogP contribution is -2.01. The fourth-order valence-electron chi connectivity index (χ4n) is 1.69. The molecule has 0 atom stereocenters. The Morgan fingerprint density at radius 1 is 1.28 bits per heavy atom. The molecule has 0 aliphatic carbocycles. The third-order valence-electron chi connectivity index (χ3n) is 2.68. The molecule has 1 aromatic carbocycles. The Hall–Kier alpha value is -1.06. The number of benzene rings is 1. The van der Waals surface area contributed by atoms with Crippen molar-refractivity contribution in [3.8, 4) is 0 Å². The first kappa shape index (κ1) is 13.4. The molecule has 4 heteroatoms. The van der Waals surface area contributed by atoms with Gasteiger partial charge in [0.05, 0.1) is 5.69 Å². The first-order valence-corrected chi connectivity index (χ1v) is 6.84. The van der Waals surface area contributed by atoms with Crippen LogP contribution in [-0.2, 0) is 6.54 Å². The van der Waals surface area contributed by atoms with E-state index in [1.165, 1.54) is 11.1 Å². The van der Waals surface area contributed by atoms with Crippen molar-refractivity contribution >= 4 is 33.2 Å². The van der Waals surface area contributed by atoms with Crippen LogP contribution in [0.5, 0.6) is 0 Å². The van der Waals surface area contributed by atoms with Crippen LogP contribution in [0.15, 0.2) is 34.9 Å². The molecule has 1 N–H and O–H groups in total. The van der Waals surface area contributed by atoms with Crippen LogP contribution in [0.4, 0.5) is 5.69 Å². The maximum atomic E-state index is 6.04. The van der Waals surface area contributed by atoms with Crippen LogP contribution in [0.1, 0.15) is 16.7 Å². The standard InChI is InChI=1S/C14H14BrClN2/c1-9-5-13(14(16)18-7-9)17-8-11-3-4-12(15)10(2)6-11/h3-7,17H,8H2,1-2H3. The van der Waals surface area contributed by atoms with Gasteiger partial charge in [-0.1, -0.05) is 39.7 Å². The predicted octanol–water partition coefficient (Wildman–Crippen LogP) is 4.73. The lowest BCUT2D eigenvalue weighted by Gasteiger charge is -2.09. The van der Waals surface area contributed by atoms with Crippen LogP contribution in [-0.4, -0.2) is 4.98 Å². The van der Waals surface area contributed by atoms with Gasteiger partial charge in [0.15, 0.2) is 5.15 Å². The summed E-state index contributed by atoms with van der Waals surface area (Å²) in [6, 6.07) is 8.29. The molecule has 0 aliphatic rings. The molecule has 0 saturated carbocycles. The average Bonchev–Trinajstić information content (AvgIpc) is 2.34. The van der Waals surface area contributed by atoms with Gasteiger partial charge in [-0.05, 0) is 42.7 Å². The van der Waals surface area contributed by atoms with E-state index in [0.29, 0.717) is 5.15 Å². The van der Waals surface area contributed by atoms with E-state index in [1.54, 1.807) is 6.20 Å². The number of hydrogen-bond donors (Lipinski definition) is 1.